The number of nitrogens with zero attached hydrogens (tertiary/aromatic N) is 3. The number of hydrogen-bond acceptors (Lipinski definition) is 8. The normalized spacial score (nSPS) is 10.2. The number of rotatable bonds is 8. The average Bonchev–Trinajstić information content (AvgIpc) is 2.72. The number of anilines is 3. The molecular formula is C19H19N5O4. The Morgan fingerprint density at radius 3 is 2.39 bits per heavy atom. The Morgan fingerprint density at radius 2 is 1.71 bits per heavy atom. The first-order valence-electron chi connectivity index (χ1n) is 8.38. The SMILES string of the molecule is COc1ccc(CNc2ncnc(Nc3cccc(OC)c3)c2[N+](=O)[O-])cc1. The van der Waals surface area contributed by atoms with Gasteiger partial charge < -0.3 is 20.1 Å². The van der Waals surface area contributed by atoms with Crippen LogP contribution in [-0.4, -0.2) is 29.1 Å². The van der Waals surface area contributed by atoms with Gasteiger partial charge in [-0.3, -0.25) is 10.1 Å². The smallest absolute Gasteiger partial charge is 0.353 e. The topological polar surface area (TPSA) is 111 Å². The van der Waals surface area contributed by atoms with Crippen molar-refractivity contribution in [3.8, 4) is 11.5 Å². The third-order valence-electron chi connectivity index (χ3n) is 3.96. The second-order valence-electron chi connectivity index (χ2n) is 5.74. The molecule has 1 aromatic heterocycles. The molecule has 0 atom stereocenters. The van der Waals surface area contributed by atoms with Crippen molar-refractivity contribution >= 4 is 23.0 Å². The van der Waals surface area contributed by atoms with E-state index in [4.69, 9.17) is 9.47 Å². The van der Waals surface area contributed by atoms with Gasteiger partial charge in [-0.25, -0.2) is 9.97 Å². The molecule has 0 fully saturated rings. The Hall–Kier alpha value is -3.88. The average molecular weight is 381 g/mol. The summed E-state index contributed by atoms with van der Waals surface area (Å²) in [6.45, 7) is 0.362. The number of ether oxygens (including phenoxy) is 2. The van der Waals surface area contributed by atoms with E-state index in [9.17, 15) is 10.1 Å². The van der Waals surface area contributed by atoms with Crippen molar-refractivity contribution < 1.29 is 14.4 Å². The highest BCUT2D eigenvalue weighted by atomic mass is 16.6. The maximum Gasteiger partial charge on any atom is 0.353 e. The summed E-state index contributed by atoms with van der Waals surface area (Å²) in [6.07, 6.45) is 1.27. The maximum atomic E-state index is 11.7. The van der Waals surface area contributed by atoms with Crippen LogP contribution in [0.3, 0.4) is 0 Å². The molecule has 9 heteroatoms. The molecule has 3 rings (SSSR count). The molecule has 0 saturated carbocycles. The van der Waals surface area contributed by atoms with Crippen molar-refractivity contribution in [3.05, 3.63) is 70.5 Å². The molecule has 3 aromatic rings. The van der Waals surface area contributed by atoms with Crippen LogP contribution in [0, 0.1) is 10.1 Å². The lowest BCUT2D eigenvalue weighted by Crippen LogP contribution is -2.08. The fourth-order valence-corrected chi connectivity index (χ4v) is 2.54. The van der Waals surface area contributed by atoms with Gasteiger partial charge in [-0.1, -0.05) is 18.2 Å². The molecular weight excluding hydrogens is 362 g/mol. The fraction of sp³-hybridized carbons (Fsp3) is 0.158. The molecule has 0 aliphatic rings. The van der Waals surface area contributed by atoms with E-state index in [0.717, 1.165) is 11.3 Å². The Kier molecular flexibility index (Phi) is 5.85. The van der Waals surface area contributed by atoms with Gasteiger partial charge >= 0.3 is 5.69 Å². The first-order chi connectivity index (χ1) is 13.6. The minimum atomic E-state index is -0.515. The van der Waals surface area contributed by atoms with E-state index >= 15 is 0 Å². The first-order valence-corrected chi connectivity index (χ1v) is 8.38. The molecule has 0 unspecified atom stereocenters. The van der Waals surface area contributed by atoms with Crippen LogP contribution in [0.1, 0.15) is 5.56 Å². The monoisotopic (exact) mass is 381 g/mol. The van der Waals surface area contributed by atoms with Crippen molar-refractivity contribution in [2.45, 2.75) is 6.54 Å². The quantitative estimate of drug-likeness (QED) is 0.448. The van der Waals surface area contributed by atoms with Crippen LogP contribution in [0.15, 0.2) is 54.9 Å². The molecule has 144 valence electrons. The third-order valence-corrected chi connectivity index (χ3v) is 3.96. The number of hydrogen-bond donors (Lipinski definition) is 2. The van der Waals surface area contributed by atoms with Crippen molar-refractivity contribution in [3.63, 3.8) is 0 Å². The number of nitro groups is 1. The second-order valence-corrected chi connectivity index (χ2v) is 5.74. The maximum absolute atomic E-state index is 11.7. The Bertz CT molecular complexity index is 963. The Labute approximate surface area is 161 Å². The van der Waals surface area contributed by atoms with E-state index in [1.54, 1.807) is 38.5 Å². The lowest BCUT2D eigenvalue weighted by Gasteiger charge is -2.11. The summed E-state index contributed by atoms with van der Waals surface area (Å²) in [5.41, 5.74) is 1.30. The van der Waals surface area contributed by atoms with Gasteiger partial charge in [-0.2, -0.15) is 0 Å². The van der Waals surface area contributed by atoms with Gasteiger partial charge in [0.2, 0.25) is 11.6 Å². The second kappa shape index (κ2) is 8.67. The summed E-state index contributed by atoms with van der Waals surface area (Å²) < 4.78 is 10.3. The summed E-state index contributed by atoms with van der Waals surface area (Å²) in [5.74, 6) is 1.58. The molecule has 9 nitrogen and oxygen atoms in total. The van der Waals surface area contributed by atoms with E-state index in [1.807, 2.05) is 24.3 Å². The minimum absolute atomic E-state index is 0.0884. The molecule has 0 saturated heterocycles. The standard InChI is InChI=1S/C19H19N5O4/c1-27-15-8-6-13(7-9-15)11-20-18-17(24(25)26)19(22-12-21-18)23-14-4-3-5-16(10-14)28-2/h3-10,12H,11H2,1-2H3,(H2,20,21,22,23). The summed E-state index contributed by atoms with van der Waals surface area (Å²) in [7, 11) is 3.14. The van der Waals surface area contributed by atoms with Gasteiger partial charge in [0.1, 0.15) is 17.8 Å². The van der Waals surface area contributed by atoms with Crippen molar-refractivity contribution in [2.24, 2.45) is 0 Å². The van der Waals surface area contributed by atoms with Crippen LogP contribution in [0.5, 0.6) is 11.5 Å². The number of aromatic nitrogens is 2. The van der Waals surface area contributed by atoms with Gasteiger partial charge in [0.25, 0.3) is 0 Å². The van der Waals surface area contributed by atoms with Gasteiger partial charge in [0, 0.05) is 18.3 Å². The molecule has 0 amide bonds. The lowest BCUT2D eigenvalue weighted by molar-refractivity contribution is -0.383. The van der Waals surface area contributed by atoms with E-state index < -0.39 is 4.92 Å². The fourth-order valence-electron chi connectivity index (χ4n) is 2.54. The molecule has 2 N–H and O–H groups in total. The van der Waals surface area contributed by atoms with Gasteiger partial charge in [0.15, 0.2) is 0 Å². The molecule has 1 heterocycles. The molecule has 0 aliphatic heterocycles. The number of methoxy groups -OCH3 is 2. The number of benzene rings is 2. The predicted octanol–water partition coefficient (Wildman–Crippen LogP) is 3.76. The predicted molar refractivity (Wildman–Crippen MR) is 105 cm³/mol. The summed E-state index contributed by atoms with van der Waals surface area (Å²) in [5, 5.41) is 17.6. The highest BCUT2D eigenvalue weighted by molar-refractivity contribution is 5.74. The third kappa shape index (κ3) is 4.44. The van der Waals surface area contributed by atoms with E-state index in [1.165, 1.54) is 6.33 Å². The molecule has 0 bridgehead atoms. The van der Waals surface area contributed by atoms with Crippen molar-refractivity contribution in [2.75, 3.05) is 24.9 Å². The van der Waals surface area contributed by atoms with Crippen LogP contribution in [-0.2, 0) is 6.54 Å². The molecule has 2 aromatic carbocycles. The van der Waals surface area contributed by atoms with E-state index in [0.29, 0.717) is 18.0 Å². The zero-order chi connectivity index (χ0) is 19.9. The van der Waals surface area contributed by atoms with Gasteiger partial charge in [0.05, 0.1) is 19.1 Å². The largest absolute Gasteiger partial charge is 0.497 e. The van der Waals surface area contributed by atoms with E-state index in [2.05, 4.69) is 20.6 Å². The highest BCUT2D eigenvalue weighted by Crippen LogP contribution is 2.32. The first kappa shape index (κ1) is 18.9. The summed E-state index contributed by atoms with van der Waals surface area (Å²) in [4.78, 5) is 19.2. The minimum Gasteiger partial charge on any atom is -0.497 e. The zero-order valence-corrected chi connectivity index (χ0v) is 15.4. The lowest BCUT2D eigenvalue weighted by atomic mass is 10.2. The van der Waals surface area contributed by atoms with Gasteiger partial charge in [-0.15, -0.1) is 0 Å². The Balaban J connectivity index is 1.83. The summed E-state index contributed by atoms with van der Waals surface area (Å²) in [6, 6.07) is 14.4. The van der Waals surface area contributed by atoms with Crippen LogP contribution < -0.4 is 20.1 Å². The van der Waals surface area contributed by atoms with Crippen molar-refractivity contribution in [1.82, 2.24) is 9.97 Å². The van der Waals surface area contributed by atoms with Crippen LogP contribution in [0.25, 0.3) is 0 Å². The van der Waals surface area contributed by atoms with Crippen LogP contribution >= 0.6 is 0 Å². The Morgan fingerprint density at radius 1 is 1.00 bits per heavy atom. The van der Waals surface area contributed by atoms with E-state index in [-0.39, 0.29) is 17.3 Å². The highest BCUT2D eigenvalue weighted by Gasteiger charge is 2.23. The molecule has 0 aliphatic carbocycles. The molecule has 0 radical (unpaired) electrons. The van der Waals surface area contributed by atoms with Crippen LogP contribution in [0.2, 0.25) is 0 Å². The molecule has 28 heavy (non-hydrogen) atoms. The van der Waals surface area contributed by atoms with Gasteiger partial charge in [-0.05, 0) is 29.8 Å². The summed E-state index contributed by atoms with van der Waals surface area (Å²) >= 11 is 0. The zero-order valence-electron chi connectivity index (χ0n) is 15.4. The van der Waals surface area contributed by atoms with Crippen molar-refractivity contribution in [1.29, 1.82) is 0 Å². The molecule has 0 spiro atoms. The number of nitrogens with one attached hydrogen (secondary N) is 2. The van der Waals surface area contributed by atoms with Crippen LogP contribution in [0.4, 0.5) is 23.0 Å².